The quantitative estimate of drug-likeness (QED) is 0.781. The number of piperidine rings is 1. The zero-order valence-electron chi connectivity index (χ0n) is 13.2. The molecule has 1 aliphatic rings. The number of rotatable bonds is 6. The van der Waals surface area contributed by atoms with Crippen LogP contribution in [-0.2, 0) is 9.59 Å². The molecule has 0 saturated carbocycles. The van der Waals surface area contributed by atoms with Gasteiger partial charge in [0.25, 0.3) is 0 Å². The fraction of sp³-hybridized carbons (Fsp3) is 0.867. The van der Waals surface area contributed by atoms with Crippen LogP contribution in [0.1, 0.15) is 53.4 Å². The summed E-state index contributed by atoms with van der Waals surface area (Å²) in [6.07, 6.45) is 3.55. The van der Waals surface area contributed by atoms with Crippen molar-refractivity contribution in [3.63, 3.8) is 0 Å². The average Bonchev–Trinajstić information content (AvgIpc) is 2.40. The maximum atomic E-state index is 13.0. The lowest BCUT2D eigenvalue weighted by Gasteiger charge is -2.44. The lowest BCUT2D eigenvalue weighted by atomic mass is 9.75. The van der Waals surface area contributed by atoms with Crippen molar-refractivity contribution in [2.75, 3.05) is 19.6 Å². The smallest absolute Gasteiger partial charge is 0.329 e. The number of aliphatic carboxylic acids is 1. The molecule has 1 amide bonds. The Labute approximate surface area is 121 Å². The van der Waals surface area contributed by atoms with Crippen LogP contribution in [0.4, 0.5) is 0 Å². The largest absolute Gasteiger partial charge is 0.480 e. The number of carboxylic acids is 1. The fourth-order valence-electron chi connectivity index (χ4n) is 3.14. The predicted molar refractivity (Wildman–Crippen MR) is 78.5 cm³/mol. The second kappa shape index (κ2) is 6.57. The van der Waals surface area contributed by atoms with Crippen molar-refractivity contribution in [1.82, 2.24) is 10.2 Å². The lowest BCUT2D eigenvalue weighted by Crippen LogP contribution is -2.60. The Morgan fingerprint density at radius 3 is 2.40 bits per heavy atom. The molecule has 20 heavy (non-hydrogen) atoms. The number of nitrogens with one attached hydrogen (secondary N) is 1. The molecule has 1 fully saturated rings. The third kappa shape index (κ3) is 3.14. The normalized spacial score (nSPS) is 23.4. The van der Waals surface area contributed by atoms with Crippen molar-refractivity contribution in [2.24, 2.45) is 5.41 Å². The minimum Gasteiger partial charge on any atom is -0.480 e. The average molecular weight is 284 g/mol. The Bertz CT molecular complexity index is 355. The molecule has 1 saturated heterocycles. The first-order chi connectivity index (χ1) is 9.31. The van der Waals surface area contributed by atoms with Crippen LogP contribution in [-0.4, -0.2) is 47.1 Å². The topological polar surface area (TPSA) is 69.6 Å². The maximum absolute atomic E-state index is 13.0. The number of nitrogens with zero attached hydrogens (tertiary/aromatic N) is 1. The van der Waals surface area contributed by atoms with Crippen LogP contribution in [0, 0.1) is 5.41 Å². The standard InChI is InChI=1S/C15H28N2O3/c1-5-8-15(9-7-10-16-11-15)12(18)17(6-2)14(3,4)13(19)20/h16H,5-11H2,1-4H3,(H,19,20). The van der Waals surface area contributed by atoms with Gasteiger partial charge in [0.1, 0.15) is 5.54 Å². The first-order valence-electron chi connectivity index (χ1n) is 7.58. The molecule has 0 spiro atoms. The van der Waals surface area contributed by atoms with Crippen LogP contribution in [0.3, 0.4) is 0 Å². The molecule has 1 heterocycles. The number of carboxylic acid groups (broad SMARTS) is 1. The highest BCUT2D eigenvalue weighted by Gasteiger charge is 2.46. The Hall–Kier alpha value is -1.10. The molecule has 1 atom stereocenters. The van der Waals surface area contributed by atoms with Gasteiger partial charge >= 0.3 is 5.97 Å². The summed E-state index contributed by atoms with van der Waals surface area (Å²) in [5.41, 5.74) is -1.60. The van der Waals surface area contributed by atoms with Gasteiger partial charge in [-0.15, -0.1) is 0 Å². The van der Waals surface area contributed by atoms with E-state index in [2.05, 4.69) is 12.2 Å². The van der Waals surface area contributed by atoms with Crippen LogP contribution in [0.25, 0.3) is 0 Å². The molecule has 0 aromatic rings. The van der Waals surface area contributed by atoms with Crippen molar-refractivity contribution >= 4 is 11.9 Å². The molecule has 2 N–H and O–H groups in total. The van der Waals surface area contributed by atoms with Gasteiger partial charge in [0.05, 0.1) is 5.41 Å². The summed E-state index contributed by atoms with van der Waals surface area (Å²) in [7, 11) is 0. The highest BCUT2D eigenvalue weighted by molar-refractivity contribution is 5.89. The summed E-state index contributed by atoms with van der Waals surface area (Å²) in [4.78, 5) is 26.0. The van der Waals surface area contributed by atoms with E-state index < -0.39 is 16.9 Å². The van der Waals surface area contributed by atoms with Gasteiger partial charge < -0.3 is 15.3 Å². The van der Waals surface area contributed by atoms with E-state index in [1.165, 1.54) is 4.90 Å². The predicted octanol–water partition coefficient (Wildman–Crippen LogP) is 1.87. The summed E-state index contributed by atoms with van der Waals surface area (Å²) in [5.74, 6) is -0.968. The zero-order chi connectivity index (χ0) is 15.4. The van der Waals surface area contributed by atoms with Crippen molar-refractivity contribution in [3.8, 4) is 0 Å². The van der Waals surface area contributed by atoms with Gasteiger partial charge in [-0.25, -0.2) is 4.79 Å². The molecule has 5 nitrogen and oxygen atoms in total. The SMILES string of the molecule is CCCC1(C(=O)N(CC)C(C)(C)C(=O)O)CCCNC1. The monoisotopic (exact) mass is 284 g/mol. The van der Waals surface area contributed by atoms with Crippen LogP contribution < -0.4 is 5.32 Å². The fourth-order valence-corrected chi connectivity index (χ4v) is 3.14. The molecule has 1 unspecified atom stereocenters. The van der Waals surface area contributed by atoms with Gasteiger partial charge in [0.2, 0.25) is 5.91 Å². The van der Waals surface area contributed by atoms with E-state index in [1.54, 1.807) is 13.8 Å². The van der Waals surface area contributed by atoms with E-state index in [0.29, 0.717) is 13.1 Å². The van der Waals surface area contributed by atoms with Gasteiger partial charge in [-0.3, -0.25) is 4.79 Å². The van der Waals surface area contributed by atoms with Gasteiger partial charge in [-0.2, -0.15) is 0 Å². The second-order valence-electron chi connectivity index (χ2n) is 6.22. The van der Waals surface area contributed by atoms with Crippen molar-refractivity contribution in [2.45, 2.75) is 58.9 Å². The highest BCUT2D eigenvalue weighted by atomic mass is 16.4. The third-order valence-corrected chi connectivity index (χ3v) is 4.41. The Balaban J connectivity index is 3.06. The number of carbonyl (C=O) groups excluding carboxylic acids is 1. The molecule has 0 bridgehead atoms. The van der Waals surface area contributed by atoms with E-state index in [4.69, 9.17) is 0 Å². The third-order valence-electron chi connectivity index (χ3n) is 4.41. The highest BCUT2D eigenvalue weighted by Crippen LogP contribution is 2.35. The molecule has 0 aromatic carbocycles. The molecule has 116 valence electrons. The van der Waals surface area contributed by atoms with E-state index >= 15 is 0 Å². The van der Waals surface area contributed by atoms with Crippen LogP contribution in [0.5, 0.6) is 0 Å². The van der Waals surface area contributed by atoms with Gasteiger partial charge in [-0.05, 0) is 46.6 Å². The molecular weight excluding hydrogens is 256 g/mol. The zero-order valence-corrected chi connectivity index (χ0v) is 13.2. The van der Waals surface area contributed by atoms with Crippen molar-refractivity contribution in [3.05, 3.63) is 0 Å². The number of carbonyl (C=O) groups is 2. The number of amides is 1. The van der Waals surface area contributed by atoms with E-state index in [9.17, 15) is 14.7 Å². The number of hydrogen-bond acceptors (Lipinski definition) is 3. The van der Waals surface area contributed by atoms with Crippen LogP contribution in [0.15, 0.2) is 0 Å². The lowest BCUT2D eigenvalue weighted by molar-refractivity contribution is -0.162. The first-order valence-corrected chi connectivity index (χ1v) is 7.58. The van der Waals surface area contributed by atoms with Crippen molar-refractivity contribution in [1.29, 1.82) is 0 Å². The molecule has 1 aliphatic heterocycles. The summed E-state index contributed by atoms with van der Waals surface area (Å²) < 4.78 is 0. The van der Waals surface area contributed by atoms with E-state index in [0.717, 1.165) is 32.2 Å². The summed E-state index contributed by atoms with van der Waals surface area (Å²) >= 11 is 0. The molecule has 0 radical (unpaired) electrons. The Morgan fingerprint density at radius 2 is 2.00 bits per heavy atom. The van der Waals surface area contributed by atoms with Gasteiger partial charge in [0, 0.05) is 13.1 Å². The number of hydrogen-bond donors (Lipinski definition) is 2. The Morgan fingerprint density at radius 1 is 1.35 bits per heavy atom. The summed E-state index contributed by atoms with van der Waals surface area (Å²) in [5, 5.41) is 12.7. The van der Waals surface area contributed by atoms with Crippen LogP contribution in [0.2, 0.25) is 0 Å². The molecular formula is C15H28N2O3. The first kappa shape index (κ1) is 17.0. The molecule has 0 aliphatic carbocycles. The van der Waals surface area contributed by atoms with E-state index in [1.807, 2.05) is 6.92 Å². The van der Waals surface area contributed by atoms with Gasteiger partial charge in [0.15, 0.2) is 0 Å². The summed E-state index contributed by atoms with van der Waals surface area (Å²) in [6, 6.07) is 0. The second-order valence-corrected chi connectivity index (χ2v) is 6.22. The van der Waals surface area contributed by atoms with Crippen molar-refractivity contribution < 1.29 is 14.7 Å². The number of likely N-dealkylation sites (N-methyl/N-ethyl adjacent to an activating group) is 1. The minimum absolute atomic E-state index is 0.0125. The molecule has 5 heteroatoms. The molecule has 0 aromatic heterocycles. The maximum Gasteiger partial charge on any atom is 0.329 e. The van der Waals surface area contributed by atoms with E-state index in [-0.39, 0.29) is 5.91 Å². The Kier molecular flexibility index (Phi) is 5.57. The minimum atomic E-state index is -1.16. The van der Waals surface area contributed by atoms with Gasteiger partial charge in [-0.1, -0.05) is 13.3 Å². The molecule has 1 rings (SSSR count). The summed E-state index contributed by atoms with van der Waals surface area (Å²) in [6.45, 7) is 9.14. The van der Waals surface area contributed by atoms with Crippen LogP contribution >= 0.6 is 0 Å².